The summed E-state index contributed by atoms with van der Waals surface area (Å²) in [5.74, 6) is -0.751. The SMILES string of the molecule is O=C(c1ccc(C2(C(=O)O)CCCCC2)cc1)c1cccs1. The van der Waals surface area contributed by atoms with Crippen LogP contribution < -0.4 is 0 Å². The third-order valence-electron chi connectivity index (χ3n) is 4.56. The van der Waals surface area contributed by atoms with Crippen LogP contribution in [0.5, 0.6) is 0 Å². The van der Waals surface area contributed by atoms with Crippen LogP contribution in [0.3, 0.4) is 0 Å². The third kappa shape index (κ3) is 2.59. The van der Waals surface area contributed by atoms with Gasteiger partial charge in [-0.3, -0.25) is 9.59 Å². The van der Waals surface area contributed by atoms with E-state index >= 15 is 0 Å². The first-order valence-electron chi connectivity index (χ1n) is 7.56. The predicted octanol–water partition coefficient (Wildman–Crippen LogP) is 4.27. The summed E-state index contributed by atoms with van der Waals surface area (Å²) >= 11 is 1.42. The highest BCUT2D eigenvalue weighted by atomic mass is 32.1. The number of ketones is 1. The van der Waals surface area contributed by atoms with Gasteiger partial charge in [-0.05, 0) is 29.9 Å². The summed E-state index contributed by atoms with van der Waals surface area (Å²) < 4.78 is 0. The van der Waals surface area contributed by atoms with Gasteiger partial charge in [0.25, 0.3) is 0 Å². The summed E-state index contributed by atoms with van der Waals surface area (Å²) in [6, 6.07) is 10.8. The second-order valence-electron chi connectivity index (χ2n) is 5.83. The number of hydrogen-bond donors (Lipinski definition) is 1. The minimum absolute atomic E-state index is 0.00503. The summed E-state index contributed by atoms with van der Waals surface area (Å²) in [6.45, 7) is 0. The van der Waals surface area contributed by atoms with Gasteiger partial charge < -0.3 is 5.11 Å². The molecule has 4 heteroatoms. The van der Waals surface area contributed by atoms with Crippen molar-refractivity contribution in [3.8, 4) is 0 Å². The predicted molar refractivity (Wildman–Crippen MR) is 86.6 cm³/mol. The molecule has 3 rings (SSSR count). The molecule has 1 aromatic carbocycles. The van der Waals surface area contributed by atoms with E-state index in [9.17, 15) is 14.7 Å². The summed E-state index contributed by atoms with van der Waals surface area (Å²) in [7, 11) is 0. The first-order valence-corrected chi connectivity index (χ1v) is 8.44. The Kier molecular flexibility index (Phi) is 4.12. The van der Waals surface area contributed by atoms with Gasteiger partial charge in [-0.1, -0.05) is 49.6 Å². The largest absolute Gasteiger partial charge is 0.481 e. The van der Waals surface area contributed by atoms with E-state index < -0.39 is 11.4 Å². The molecule has 1 fully saturated rings. The lowest BCUT2D eigenvalue weighted by molar-refractivity contribution is -0.145. The van der Waals surface area contributed by atoms with Gasteiger partial charge in [0.15, 0.2) is 0 Å². The van der Waals surface area contributed by atoms with Gasteiger partial charge in [-0.25, -0.2) is 0 Å². The van der Waals surface area contributed by atoms with Crippen LogP contribution in [0.15, 0.2) is 41.8 Å². The molecule has 22 heavy (non-hydrogen) atoms. The van der Waals surface area contributed by atoms with Crippen LogP contribution in [0.25, 0.3) is 0 Å². The third-order valence-corrected chi connectivity index (χ3v) is 5.43. The minimum atomic E-state index is -0.775. The number of rotatable bonds is 4. The highest BCUT2D eigenvalue weighted by molar-refractivity contribution is 7.12. The molecule has 2 aromatic rings. The Balaban J connectivity index is 1.90. The Morgan fingerprint density at radius 1 is 1.00 bits per heavy atom. The second-order valence-corrected chi connectivity index (χ2v) is 6.78. The van der Waals surface area contributed by atoms with Crippen molar-refractivity contribution in [3.63, 3.8) is 0 Å². The molecule has 0 saturated heterocycles. The topological polar surface area (TPSA) is 54.4 Å². The molecule has 0 aliphatic heterocycles. The average molecular weight is 314 g/mol. The average Bonchev–Trinajstić information content (AvgIpc) is 3.09. The van der Waals surface area contributed by atoms with Gasteiger partial charge in [-0.15, -0.1) is 11.3 Å². The lowest BCUT2D eigenvalue weighted by Gasteiger charge is -2.33. The summed E-state index contributed by atoms with van der Waals surface area (Å²) in [4.78, 5) is 24.8. The van der Waals surface area contributed by atoms with Crippen molar-refractivity contribution in [1.82, 2.24) is 0 Å². The van der Waals surface area contributed by atoms with E-state index in [2.05, 4.69) is 0 Å². The first kappa shape index (κ1) is 15.0. The molecule has 1 heterocycles. The smallest absolute Gasteiger partial charge is 0.314 e. The van der Waals surface area contributed by atoms with Gasteiger partial charge in [-0.2, -0.15) is 0 Å². The van der Waals surface area contributed by atoms with Crippen LogP contribution in [0.2, 0.25) is 0 Å². The molecule has 1 N–H and O–H groups in total. The molecule has 0 amide bonds. The van der Waals surface area contributed by atoms with Gasteiger partial charge in [0, 0.05) is 5.56 Å². The zero-order valence-electron chi connectivity index (χ0n) is 12.2. The van der Waals surface area contributed by atoms with E-state index in [4.69, 9.17) is 0 Å². The van der Waals surface area contributed by atoms with Crippen LogP contribution in [-0.2, 0) is 10.2 Å². The summed E-state index contributed by atoms with van der Waals surface area (Å²) in [5, 5.41) is 11.6. The number of carbonyl (C=O) groups is 2. The number of carboxylic acid groups (broad SMARTS) is 1. The second kappa shape index (κ2) is 6.05. The van der Waals surface area contributed by atoms with Crippen molar-refractivity contribution in [2.75, 3.05) is 0 Å². The fourth-order valence-corrected chi connectivity index (χ4v) is 3.96. The number of carbonyl (C=O) groups excluding carboxylic acids is 1. The number of aliphatic carboxylic acids is 1. The minimum Gasteiger partial charge on any atom is -0.481 e. The van der Waals surface area contributed by atoms with Crippen molar-refractivity contribution in [2.24, 2.45) is 0 Å². The van der Waals surface area contributed by atoms with Crippen LogP contribution in [-0.4, -0.2) is 16.9 Å². The van der Waals surface area contributed by atoms with Crippen molar-refractivity contribution < 1.29 is 14.7 Å². The fourth-order valence-electron chi connectivity index (χ4n) is 3.27. The fraction of sp³-hybridized carbons (Fsp3) is 0.333. The maximum atomic E-state index is 12.3. The van der Waals surface area contributed by atoms with Crippen LogP contribution in [0.4, 0.5) is 0 Å². The van der Waals surface area contributed by atoms with E-state index in [-0.39, 0.29) is 5.78 Å². The molecule has 0 spiro atoms. The molecule has 0 unspecified atom stereocenters. The van der Waals surface area contributed by atoms with E-state index in [0.717, 1.165) is 24.8 Å². The van der Waals surface area contributed by atoms with E-state index in [1.165, 1.54) is 11.3 Å². The van der Waals surface area contributed by atoms with Crippen molar-refractivity contribution in [1.29, 1.82) is 0 Å². The molecule has 1 aliphatic carbocycles. The molecule has 0 atom stereocenters. The van der Waals surface area contributed by atoms with Crippen LogP contribution >= 0.6 is 11.3 Å². The van der Waals surface area contributed by atoms with Gasteiger partial charge >= 0.3 is 5.97 Å². The van der Waals surface area contributed by atoms with Gasteiger partial charge in [0.2, 0.25) is 5.78 Å². The zero-order chi connectivity index (χ0) is 15.6. The monoisotopic (exact) mass is 314 g/mol. The number of thiophene rings is 1. The lowest BCUT2D eigenvalue weighted by Crippen LogP contribution is -2.37. The highest BCUT2D eigenvalue weighted by Crippen LogP contribution is 2.39. The maximum Gasteiger partial charge on any atom is 0.314 e. The van der Waals surface area contributed by atoms with Crippen molar-refractivity contribution in [3.05, 3.63) is 57.8 Å². The Hall–Kier alpha value is -1.94. The molecule has 3 nitrogen and oxygen atoms in total. The molecule has 1 saturated carbocycles. The molecule has 0 radical (unpaired) electrons. The molecule has 1 aliphatic rings. The summed E-state index contributed by atoms with van der Waals surface area (Å²) in [6.07, 6.45) is 4.36. The molecular formula is C18H18O3S. The molecule has 0 bridgehead atoms. The normalized spacial score (nSPS) is 17.1. The van der Waals surface area contributed by atoms with E-state index in [1.54, 1.807) is 18.2 Å². The molecule has 114 valence electrons. The van der Waals surface area contributed by atoms with Gasteiger partial charge in [0.1, 0.15) is 0 Å². The number of carboxylic acids is 1. The van der Waals surface area contributed by atoms with Crippen molar-refractivity contribution >= 4 is 23.1 Å². The highest BCUT2D eigenvalue weighted by Gasteiger charge is 2.41. The van der Waals surface area contributed by atoms with Gasteiger partial charge in [0.05, 0.1) is 10.3 Å². The standard InChI is InChI=1S/C18H18O3S/c19-16(15-5-4-12-22-15)13-6-8-14(9-7-13)18(17(20)21)10-2-1-3-11-18/h4-9,12H,1-3,10-11H2,(H,20,21). The first-order chi connectivity index (χ1) is 10.6. The maximum absolute atomic E-state index is 12.3. The van der Waals surface area contributed by atoms with Crippen molar-refractivity contribution in [2.45, 2.75) is 37.5 Å². The Labute approximate surface area is 133 Å². The van der Waals surface area contributed by atoms with E-state index in [1.807, 2.05) is 23.6 Å². The molecule has 1 aromatic heterocycles. The Bertz CT molecular complexity index is 665. The number of benzene rings is 1. The number of hydrogen-bond acceptors (Lipinski definition) is 3. The summed E-state index contributed by atoms with van der Waals surface area (Å²) in [5.41, 5.74) is 0.660. The van der Waals surface area contributed by atoms with E-state index in [0.29, 0.717) is 23.3 Å². The zero-order valence-corrected chi connectivity index (χ0v) is 13.1. The lowest BCUT2D eigenvalue weighted by atomic mass is 9.69. The Morgan fingerprint density at radius 2 is 1.68 bits per heavy atom. The Morgan fingerprint density at radius 3 is 2.23 bits per heavy atom. The van der Waals surface area contributed by atoms with Crippen LogP contribution in [0.1, 0.15) is 52.9 Å². The molecular weight excluding hydrogens is 296 g/mol. The van der Waals surface area contributed by atoms with Crippen LogP contribution in [0, 0.1) is 0 Å². The quantitative estimate of drug-likeness (QED) is 0.858.